The second kappa shape index (κ2) is 5.95. The summed E-state index contributed by atoms with van der Waals surface area (Å²) in [4.78, 5) is 2.31. The third kappa shape index (κ3) is 2.67. The van der Waals surface area contributed by atoms with E-state index >= 15 is 0 Å². The molecular formula is C19H20N6. The summed E-state index contributed by atoms with van der Waals surface area (Å²) < 4.78 is 0. The normalized spacial score (nSPS) is 16.7. The molecule has 0 radical (unpaired) electrons. The van der Waals surface area contributed by atoms with Gasteiger partial charge in [-0.05, 0) is 30.9 Å². The molecule has 6 heteroatoms. The minimum absolute atomic E-state index is 0.593. The predicted molar refractivity (Wildman–Crippen MR) is 97.8 cm³/mol. The van der Waals surface area contributed by atoms with Crippen LogP contribution in [0.5, 0.6) is 0 Å². The lowest BCUT2D eigenvalue weighted by Crippen LogP contribution is -2.50. The summed E-state index contributed by atoms with van der Waals surface area (Å²) in [5.41, 5.74) is 2.58. The average Bonchev–Trinajstić information content (AvgIpc) is 3.08. The number of benzene rings is 1. The monoisotopic (exact) mass is 332 g/mol. The van der Waals surface area contributed by atoms with Crippen molar-refractivity contribution in [2.45, 2.75) is 19.3 Å². The van der Waals surface area contributed by atoms with Gasteiger partial charge in [0.2, 0.25) is 0 Å². The van der Waals surface area contributed by atoms with Gasteiger partial charge in [-0.3, -0.25) is 0 Å². The van der Waals surface area contributed by atoms with Crippen LogP contribution < -0.4 is 10.2 Å². The molecule has 1 saturated heterocycles. The van der Waals surface area contributed by atoms with Crippen molar-refractivity contribution in [3.63, 3.8) is 0 Å². The summed E-state index contributed by atoms with van der Waals surface area (Å²) in [6.45, 7) is 2.93. The Labute approximate surface area is 146 Å². The smallest absolute Gasteiger partial charge is 0.156 e. The van der Waals surface area contributed by atoms with Crippen LogP contribution in [-0.2, 0) is 12.8 Å². The molecule has 126 valence electrons. The standard InChI is InChI=1S/C19H20N6/c1-2-6-16-15(4-1)10-21-24-19(16)20-9-13-11-25(12-13)18-8-14-5-3-7-17(14)22-23-18/h1-2,4,6,8,10,13H,3,5,7,9,11-12H2,(H,20,24). The van der Waals surface area contributed by atoms with Gasteiger partial charge >= 0.3 is 0 Å². The minimum Gasteiger partial charge on any atom is -0.368 e. The molecule has 1 aromatic carbocycles. The zero-order valence-electron chi connectivity index (χ0n) is 14.0. The molecule has 1 aliphatic heterocycles. The van der Waals surface area contributed by atoms with Crippen LogP contribution in [0.4, 0.5) is 11.6 Å². The van der Waals surface area contributed by atoms with Gasteiger partial charge in [0, 0.05) is 36.3 Å². The van der Waals surface area contributed by atoms with Gasteiger partial charge in [-0.2, -0.15) is 10.2 Å². The van der Waals surface area contributed by atoms with Crippen molar-refractivity contribution in [2.75, 3.05) is 29.9 Å². The van der Waals surface area contributed by atoms with Crippen molar-refractivity contribution in [1.82, 2.24) is 20.4 Å². The number of aryl methyl sites for hydroxylation is 2. The number of hydrogen-bond donors (Lipinski definition) is 1. The van der Waals surface area contributed by atoms with Crippen LogP contribution in [-0.4, -0.2) is 40.0 Å². The Morgan fingerprint density at radius 1 is 1.08 bits per heavy atom. The summed E-state index contributed by atoms with van der Waals surface area (Å²) in [5, 5.41) is 22.8. The molecule has 0 amide bonds. The maximum Gasteiger partial charge on any atom is 0.156 e. The highest BCUT2D eigenvalue weighted by Crippen LogP contribution is 2.27. The number of hydrogen-bond acceptors (Lipinski definition) is 6. The van der Waals surface area contributed by atoms with E-state index < -0.39 is 0 Å². The van der Waals surface area contributed by atoms with Crippen LogP contribution in [0, 0.1) is 5.92 Å². The maximum absolute atomic E-state index is 4.40. The van der Waals surface area contributed by atoms with Crippen molar-refractivity contribution >= 4 is 22.4 Å². The summed E-state index contributed by atoms with van der Waals surface area (Å²) in [6.07, 6.45) is 5.25. The maximum atomic E-state index is 4.40. The Morgan fingerprint density at radius 2 is 2.00 bits per heavy atom. The molecule has 1 aliphatic carbocycles. The van der Waals surface area contributed by atoms with Gasteiger partial charge in [0.05, 0.1) is 11.9 Å². The highest BCUT2D eigenvalue weighted by molar-refractivity contribution is 5.90. The fourth-order valence-electron chi connectivity index (χ4n) is 3.76. The topological polar surface area (TPSA) is 66.8 Å². The average molecular weight is 332 g/mol. The molecule has 0 bridgehead atoms. The Morgan fingerprint density at radius 3 is 2.96 bits per heavy atom. The molecule has 0 spiro atoms. The zero-order valence-corrected chi connectivity index (χ0v) is 14.0. The van der Waals surface area contributed by atoms with Crippen molar-refractivity contribution in [2.24, 2.45) is 5.92 Å². The van der Waals surface area contributed by atoms with E-state index in [1.54, 1.807) is 6.20 Å². The fourth-order valence-corrected chi connectivity index (χ4v) is 3.76. The van der Waals surface area contributed by atoms with E-state index in [4.69, 9.17) is 0 Å². The highest BCUT2D eigenvalue weighted by Gasteiger charge is 2.29. The lowest BCUT2D eigenvalue weighted by molar-refractivity contribution is 0.425. The highest BCUT2D eigenvalue weighted by atomic mass is 15.3. The first-order chi connectivity index (χ1) is 12.4. The van der Waals surface area contributed by atoms with Gasteiger partial charge in [-0.15, -0.1) is 10.2 Å². The number of fused-ring (bicyclic) bond motifs is 2. The van der Waals surface area contributed by atoms with Gasteiger partial charge in [0.25, 0.3) is 0 Å². The number of rotatable bonds is 4. The number of nitrogens with zero attached hydrogens (tertiary/aromatic N) is 5. The molecule has 2 aromatic heterocycles. The molecule has 5 rings (SSSR count). The molecule has 0 unspecified atom stereocenters. The summed E-state index contributed by atoms with van der Waals surface area (Å²) in [5.74, 6) is 2.49. The van der Waals surface area contributed by atoms with Crippen LogP contribution >= 0.6 is 0 Å². The summed E-state index contributed by atoms with van der Waals surface area (Å²) in [6, 6.07) is 10.4. The van der Waals surface area contributed by atoms with E-state index in [1.165, 1.54) is 17.7 Å². The molecule has 1 fully saturated rings. The van der Waals surface area contributed by atoms with E-state index in [2.05, 4.69) is 48.8 Å². The van der Waals surface area contributed by atoms with E-state index in [1.807, 2.05) is 12.1 Å². The van der Waals surface area contributed by atoms with E-state index in [-0.39, 0.29) is 0 Å². The molecule has 2 aliphatic rings. The molecule has 25 heavy (non-hydrogen) atoms. The minimum atomic E-state index is 0.593. The molecule has 0 atom stereocenters. The number of anilines is 2. The van der Waals surface area contributed by atoms with Gasteiger partial charge < -0.3 is 10.2 Å². The zero-order chi connectivity index (χ0) is 16.6. The van der Waals surface area contributed by atoms with Crippen LogP contribution in [0.1, 0.15) is 17.7 Å². The molecule has 0 saturated carbocycles. The second-order valence-electron chi connectivity index (χ2n) is 6.96. The van der Waals surface area contributed by atoms with Crippen molar-refractivity contribution in [1.29, 1.82) is 0 Å². The van der Waals surface area contributed by atoms with E-state index in [9.17, 15) is 0 Å². The Hall–Kier alpha value is -2.76. The number of aromatic nitrogens is 4. The lowest BCUT2D eigenvalue weighted by atomic mass is 10.00. The number of nitrogens with one attached hydrogen (secondary N) is 1. The predicted octanol–water partition coefficient (Wildman–Crippen LogP) is 2.46. The molecule has 3 aromatic rings. The molecule has 3 heterocycles. The van der Waals surface area contributed by atoms with E-state index in [0.717, 1.165) is 54.9 Å². The van der Waals surface area contributed by atoms with Gasteiger partial charge in [-0.1, -0.05) is 24.3 Å². The third-order valence-corrected chi connectivity index (χ3v) is 5.22. The quantitative estimate of drug-likeness (QED) is 0.792. The summed E-state index contributed by atoms with van der Waals surface area (Å²) >= 11 is 0. The fraction of sp³-hybridized carbons (Fsp3) is 0.368. The van der Waals surface area contributed by atoms with Crippen molar-refractivity contribution < 1.29 is 0 Å². The van der Waals surface area contributed by atoms with Gasteiger partial charge in [0.15, 0.2) is 11.6 Å². The Kier molecular flexibility index (Phi) is 3.47. The van der Waals surface area contributed by atoms with Crippen LogP contribution in [0.2, 0.25) is 0 Å². The second-order valence-corrected chi connectivity index (χ2v) is 6.96. The third-order valence-electron chi connectivity index (χ3n) is 5.22. The summed E-state index contributed by atoms with van der Waals surface area (Å²) in [7, 11) is 0. The van der Waals surface area contributed by atoms with Crippen molar-refractivity contribution in [3.8, 4) is 0 Å². The SMILES string of the molecule is c1ccc2c(NCC3CN(c4cc5c(nn4)CCC5)C3)nncc2c1. The Bertz CT molecular complexity index is 913. The first kappa shape index (κ1) is 14.6. The van der Waals surface area contributed by atoms with Gasteiger partial charge in [-0.25, -0.2) is 0 Å². The molecular weight excluding hydrogens is 312 g/mol. The van der Waals surface area contributed by atoms with Crippen LogP contribution in [0.3, 0.4) is 0 Å². The van der Waals surface area contributed by atoms with E-state index in [0.29, 0.717) is 5.92 Å². The Balaban J connectivity index is 1.22. The molecule has 6 nitrogen and oxygen atoms in total. The largest absolute Gasteiger partial charge is 0.368 e. The molecule has 1 N–H and O–H groups in total. The van der Waals surface area contributed by atoms with Crippen LogP contribution in [0.25, 0.3) is 10.8 Å². The van der Waals surface area contributed by atoms with Crippen LogP contribution in [0.15, 0.2) is 36.5 Å². The lowest BCUT2D eigenvalue weighted by Gasteiger charge is -2.40. The first-order valence-corrected chi connectivity index (χ1v) is 8.91. The van der Waals surface area contributed by atoms with Crippen molar-refractivity contribution in [3.05, 3.63) is 47.8 Å². The van der Waals surface area contributed by atoms with Gasteiger partial charge in [0.1, 0.15) is 0 Å². The first-order valence-electron chi connectivity index (χ1n) is 8.91.